The molecule has 0 saturated carbocycles. The van der Waals surface area contributed by atoms with Crippen LogP contribution in [0, 0.1) is 0 Å². The van der Waals surface area contributed by atoms with Gasteiger partial charge in [0.15, 0.2) is 0 Å². The molecule has 0 aliphatic heterocycles. The summed E-state index contributed by atoms with van der Waals surface area (Å²) in [5.41, 5.74) is 1.08. The SMILES string of the molecule is COC(=O)c1ccccc1NC(=O)CN(Cc1cccnc1)S(C)(=O)=O. The highest BCUT2D eigenvalue weighted by Crippen LogP contribution is 2.16. The van der Waals surface area contributed by atoms with Crippen molar-refractivity contribution < 1.29 is 22.7 Å². The molecular formula is C17H19N3O5S. The van der Waals surface area contributed by atoms with Gasteiger partial charge in [-0.3, -0.25) is 9.78 Å². The van der Waals surface area contributed by atoms with Crippen molar-refractivity contribution in [3.8, 4) is 0 Å². The summed E-state index contributed by atoms with van der Waals surface area (Å²) >= 11 is 0. The lowest BCUT2D eigenvalue weighted by Crippen LogP contribution is -2.37. The molecule has 0 fully saturated rings. The second kappa shape index (κ2) is 8.54. The lowest BCUT2D eigenvalue weighted by Gasteiger charge is -2.19. The topological polar surface area (TPSA) is 106 Å². The predicted octanol–water partition coefficient (Wildman–Crippen LogP) is 1.27. The molecule has 0 atom stereocenters. The van der Waals surface area contributed by atoms with Crippen LogP contribution in [-0.2, 0) is 26.1 Å². The van der Waals surface area contributed by atoms with Crippen LogP contribution >= 0.6 is 0 Å². The number of para-hydroxylation sites is 1. The molecule has 1 aromatic heterocycles. The summed E-state index contributed by atoms with van der Waals surface area (Å²) in [6.07, 6.45) is 4.13. The highest BCUT2D eigenvalue weighted by molar-refractivity contribution is 7.88. The Kier molecular flexibility index (Phi) is 6.42. The number of aromatic nitrogens is 1. The molecule has 26 heavy (non-hydrogen) atoms. The molecule has 138 valence electrons. The van der Waals surface area contributed by atoms with E-state index in [1.807, 2.05) is 0 Å². The summed E-state index contributed by atoms with van der Waals surface area (Å²) in [7, 11) is -2.39. The fraction of sp³-hybridized carbons (Fsp3) is 0.235. The van der Waals surface area contributed by atoms with Crippen LogP contribution < -0.4 is 5.32 Å². The van der Waals surface area contributed by atoms with Crippen LogP contribution in [-0.4, -0.2) is 49.5 Å². The van der Waals surface area contributed by atoms with E-state index < -0.39 is 28.4 Å². The minimum absolute atomic E-state index is 0.0126. The number of esters is 1. The van der Waals surface area contributed by atoms with Crippen molar-refractivity contribution in [2.24, 2.45) is 0 Å². The molecule has 1 amide bonds. The molecular weight excluding hydrogens is 358 g/mol. The number of sulfonamides is 1. The summed E-state index contributed by atoms with van der Waals surface area (Å²) in [5.74, 6) is -1.17. The summed E-state index contributed by atoms with van der Waals surface area (Å²) in [6, 6.07) is 9.72. The van der Waals surface area contributed by atoms with E-state index in [1.54, 1.807) is 30.5 Å². The number of carbonyl (C=O) groups excluding carboxylic acids is 2. The number of rotatable bonds is 7. The van der Waals surface area contributed by atoms with Crippen LogP contribution in [0.4, 0.5) is 5.69 Å². The maximum Gasteiger partial charge on any atom is 0.339 e. The highest BCUT2D eigenvalue weighted by atomic mass is 32.2. The third-order valence-corrected chi connectivity index (χ3v) is 4.67. The number of amides is 1. The van der Waals surface area contributed by atoms with Gasteiger partial charge in [-0.25, -0.2) is 13.2 Å². The van der Waals surface area contributed by atoms with Gasteiger partial charge in [-0.15, -0.1) is 0 Å². The Balaban J connectivity index is 2.15. The van der Waals surface area contributed by atoms with E-state index in [1.165, 1.54) is 25.4 Å². The van der Waals surface area contributed by atoms with Crippen LogP contribution in [0.15, 0.2) is 48.8 Å². The highest BCUT2D eigenvalue weighted by Gasteiger charge is 2.22. The molecule has 2 aromatic rings. The van der Waals surface area contributed by atoms with Crippen LogP contribution in [0.25, 0.3) is 0 Å². The Bertz CT molecular complexity index is 884. The van der Waals surface area contributed by atoms with E-state index in [0.717, 1.165) is 10.6 Å². The Morgan fingerprint density at radius 3 is 2.54 bits per heavy atom. The zero-order chi connectivity index (χ0) is 19.2. The standard InChI is InChI=1S/C17H19N3O5S/c1-25-17(22)14-7-3-4-8-15(14)19-16(21)12-20(26(2,23)24)11-13-6-5-9-18-10-13/h3-10H,11-12H2,1-2H3,(H,19,21). The average molecular weight is 377 g/mol. The van der Waals surface area contributed by atoms with Crippen LogP contribution in [0.5, 0.6) is 0 Å². The quantitative estimate of drug-likeness (QED) is 0.729. The first-order valence-electron chi connectivity index (χ1n) is 7.62. The summed E-state index contributed by atoms with van der Waals surface area (Å²) in [6.45, 7) is -0.387. The molecule has 2 rings (SSSR count). The van der Waals surface area contributed by atoms with Crippen LogP contribution in [0.1, 0.15) is 15.9 Å². The smallest absolute Gasteiger partial charge is 0.339 e. The van der Waals surface area contributed by atoms with Gasteiger partial charge in [0.2, 0.25) is 15.9 Å². The molecule has 0 radical (unpaired) electrons. The summed E-state index contributed by atoms with van der Waals surface area (Å²) in [4.78, 5) is 28.0. The fourth-order valence-electron chi connectivity index (χ4n) is 2.22. The van der Waals surface area contributed by atoms with Crippen molar-refractivity contribution in [1.29, 1.82) is 0 Å². The van der Waals surface area contributed by atoms with Gasteiger partial charge in [-0.2, -0.15) is 4.31 Å². The van der Waals surface area contributed by atoms with Crippen molar-refractivity contribution in [3.63, 3.8) is 0 Å². The normalized spacial score (nSPS) is 11.2. The van der Waals surface area contributed by atoms with E-state index in [4.69, 9.17) is 0 Å². The molecule has 0 bridgehead atoms. The van der Waals surface area contributed by atoms with Crippen molar-refractivity contribution in [2.75, 3.05) is 25.2 Å². The number of nitrogens with one attached hydrogen (secondary N) is 1. The van der Waals surface area contributed by atoms with Gasteiger partial charge < -0.3 is 10.1 Å². The van der Waals surface area contributed by atoms with Gasteiger partial charge in [0.25, 0.3) is 0 Å². The minimum Gasteiger partial charge on any atom is -0.465 e. The Morgan fingerprint density at radius 1 is 1.19 bits per heavy atom. The number of ether oxygens (including phenoxy) is 1. The summed E-state index contributed by atoms with van der Waals surface area (Å²) in [5, 5.41) is 2.55. The maximum absolute atomic E-state index is 12.3. The van der Waals surface area contributed by atoms with E-state index in [9.17, 15) is 18.0 Å². The first-order valence-corrected chi connectivity index (χ1v) is 9.47. The number of hydrogen-bond donors (Lipinski definition) is 1. The lowest BCUT2D eigenvalue weighted by molar-refractivity contribution is -0.116. The summed E-state index contributed by atoms with van der Waals surface area (Å²) < 4.78 is 29.7. The molecule has 0 spiro atoms. The molecule has 0 unspecified atom stereocenters. The number of anilines is 1. The minimum atomic E-state index is -3.63. The largest absolute Gasteiger partial charge is 0.465 e. The molecule has 9 heteroatoms. The number of benzene rings is 1. The van der Waals surface area contributed by atoms with Gasteiger partial charge in [-0.05, 0) is 23.8 Å². The first-order chi connectivity index (χ1) is 12.3. The molecule has 1 heterocycles. The molecule has 0 aliphatic rings. The van der Waals surface area contributed by atoms with Gasteiger partial charge in [-0.1, -0.05) is 18.2 Å². The van der Waals surface area contributed by atoms with Gasteiger partial charge >= 0.3 is 5.97 Å². The molecule has 1 aromatic carbocycles. The second-order valence-electron chi connectivity index (χ2n) is 5.48. The Labute approximate surface area is 151 Å². The molecule has 8 nitrogen and oxygen atoms in total. The fourth-order valence-corrected chi connectivity index (χ4v) is 2.95. The monoisotopic (exact) mass is 377 g/mol. The maximum atomic E-state index is 12.3. The van der Waals surface area contributed by atoms with Crippen LogP contribution in [0.3, 0.4) is 0 Å². The predicted molar refractivity (Wildman–Crippen MR) is 95.9 cm³/mol. The number of hydrogen-bond acceptors (Lipinski definition) is 6. The van der Waals surface area contributed by atoms with Gasteiger partial charge in [0.05, 0.1) is 31.2 Å². The van der Waals surface area contributed by atoms with Crippen molar-refractivity contribution in [2.45, 2.75) is 6.54 Å². The number of nitrogens with zero attached hydrogens (tertiary/aromatic N) is 2. The Hall–Kier alpha value is -2.78. The number of methoxy groups -OCH3 is 1. The zero-order valence-electron chi connectivity index (χ0n) is 14.4. The van der Waals surface area contributed by atoms with E-state index in [-0.39, 0.29) is 17.8 Å². The van der Waals surface area contributed by atoms with E-state index >= 15 is 0 Å². The number of carbonyl (C=O) groups is 2. The molecule has 1 N–H and O–H groups in total. The van der Waals surface area contributed by atoms with Gasteiger partial charge in [0, 0.05) is 18.9 Å². The van der Waals surface area contributed by atoms with E-state index in [2.05, 4.69) is 15.0 Å². The van der Waals surface area contributed by atoms with Crippen molar-refractivity contribution in [1.82, 2.24) is 9.29 Å². The third kappa shape index (κ3) is 5.36. The lowest BCUT2D eigenvalue weighted by atomic mass is 10.2. The van der Waals surface area contributed by atoms with E-state index in [0.29, 0.717) is 5.56 Å². The molecule has 0 aliphatic carbocycles. The average Bonchev–Trinajstić information content (AvgIpc) is 2.61. The zero-order valence-corrected chi connectivity index (χ0v) is 15.2. The van der Waals surface area contributed by atoms with Crippen molar-refractivity contribution in [3.05, 3.63) is 59.9 Å². The first kappa shape index (κ1) is 19.5. The van der Waals surface area contributed by atoms with Crippen molar-refractivity contribution >= 4 is 27.6 Å². The van der Waals surface area contributed by atoms with Gasteiger partial charge in [0.1, 0.15) is 0 Å². The van der Waals surface area contributed by atoms with Crippen LogP contribution in [0.2, 0.25) is 0 Å². The molecule has 0 saturated heterocycles. The second-order valence-corrected chi connectivity index (χ2v) is 7.46. The third-order valence-electron chi connectivity index (χ3n) is 3.48. The Morgan fingerprint density at radius 2 is 1.92 bits per heavy atom. The number of pyridine rings is 1.